The first-order chi connectivity index (χ1) is 12.1. The van der Waals surface area contributed by atoms with Gasteiger partial charge in [0.05, 0.1) is 5.75 Å². The van der Waals surface area contributed by atoms with Crippen LogP contribution in [-0.4, -0.2) is 50.6 Å². The Balaban J connectivity index is 1.92. The van der Waals surface area contributed by atoms with Gasteiger partial charge in [0.25, 0.3) is 0 Å². The third kappa shape index (κ3) is 5.45. The normalized spacial score (nSPS) is 16.5. The van der Waals surface area contributed by atoms with Crippen LogP contribution in [0, 0.1) is 5.41 Å². The molecule has 1 aromatic carbocycles. The van der Waals surface area contributed by atoms with Crippen LogP contribution in [-0.2, 0) is 14.8 Å². The summed E-state index contributed by atoms with van der Waals surface area (Å²) in [5, 5.41) is 2.91. The van der Waals surface area contributed by atoms with Gasteiger partial charge >= 0.3 is 0 Å². The van der Waals surface area contributed by atoms with Crippen molar-refractivity contribution in [1.82, 2.24) is 4.31 Å². The molecule has 6 nitrogen and oxygen atoms in total. The van der Waals surface area contributed by atoms with E-state index in [0.29, 0.717) is 32.6 Å². The Kier molecular flexibility index (Phi) is 6.69. The van der Waals surface area contributed by atoms with E-state index in [2.05, 4.69) is 10.2 Å². The lowest BCUT2D eigenvalue weighted by Crippen LogP contribution is -2.49. The maximum Gasteiger partial charge on any atom is 0.229 e. The third-order valence-electron chi connectivity index (χ3n) is 4.56. The van der Waals surface area contributed by atoms with Crippen LogP contribution in [0.25, 0.3) is 0 Å². The van der Waals surface area contributed by atoms with Gasteiger partial charge in [0.1, 0.15) is 0 Å². The van der Waals surface area contributed by atoms with Crippen LogP contribution in [0.3, 0.4) is 0 Å². The average Bonchev–Trinajstić information content (AvgIpc) is 2.60. The first-order valence-corrected chi connectivity index (χ1v) is 10.9. The monoisotopic (exact) mass is 381 g/mol. The van der Waals surface area contributed by atoms with Gasteiger partial charge in [-0.3, -0.25) is 4.79 Å². The standard InChI is InChI=1S/C19H31N3O3S/c1-5-6-15-26(24,25)22-13-11-21(12-14-22)17-9-7-16(8-10-17)20-18(23)19(2,3)4/h7-10H,5-6,11-15H2,1-4H3,(H,20,23). The van der Waals surface area contributed by atoms with Crippen molar-refractivity contribution in [2.75, 3.05) is 42.1 Å². The van der Waals surface area contributed by atoms with E-state index in [1.807, 2.05) is 52.0 Å². The number of amides is 1. The van der Waals surface area contributed by atoms with Gasteiger partial charge in [-0.2, -0.15) is 4.31 Å². The lowest BCUT2D eigenvalue weighted by Gasteiger charge is -2.35. The van der Waals surface area contributed by atoms with Crippen LogP contribution in [0.4, 0.5) is 11.4 Å². The molecule has 1 aliphatic rings. The van der Waals surface area contributed by atoms with Crippen molar-refractivity contribution >= 4 is 27.3 Å². The van der Waals surface area contributed by atoms with E-state index in [9.17, 15) is 13.2 Å². The summed E-state index contributed by atoms with van der Waals surface area (Å²) in [5.74, 6) is 0.224. The lowest BCUT2D eigenvalue weighted by molar-refractivity contribution is -0.123. The molecule has 7 heteroatoms. The molecule has 0 atom stereocenters. The Morgan fingerprint density at radius 2 is 1.65 bits per heavy atom. The number of rotatable bonds is 6. The molecule has 26 heavy (non-hydrogen) atoms. The van der Waals surface area contributed by atoms with Crippen LogP contribution in [0.5, 0.6) is 0 Å². The molecule has 1 fully saturated rings. The summed E-state index contributed by atoms with van der Waals surface area (Å²) in [4.78, 5) is 14.2. The van der Waals surface area contributed by atoms with Crippen LogP contribution < -0.4 is 10.2 Å². The number of nitrogens with one attached hydrogen (secondary N) is 1. The van der Waals surface area contributed by atoms with Crippen molar-refractivity contribution in [1.29, 1.82) is 0 Å². The predicted molar refractivity (Wildman–Crippen MR) is 107 cm³/mol. The molecule has 1 aliphatic heterocycles. The van der Waals surface area contributed by atoms with Gasteiger partial charge in [0, 0.05) is 43.0 Å². The Hall–Kier alpha value is -1.60. The zero-order chi connectivity index (χ0) is 19.4. The van der Waals surface area contributed by atoms with Gasteiger partial charge < -0.3 is 10.2 Å². The number of anilines is 2. The van der Waals surface area contributed by atoms with Crippen LogP contribution >= 0.6 is 0 Å². The largest absolute Gasteiger partial charge is 0.369 e. The highest BCUT2D eigenvalue weighted by Gasteiger charge is 2.26. The second kappa shape index (κ2) is 8.39. The molecular weight excluding hydrogens is 350 g/mol. The molecule has 146 valence electrons. The van der Waals surface area contributed by atoms with Gasteiger partial charge in [0.15, 0.2) is 0 Å². The Morgan fingerprint density at radius 1 is 1.08 bits per heavy atom. The van der Waals surface area contributed by atoms with Gasteiger partial charge in [-0.15, -0.1) is 0 Å². The number of benzene rings is 1. The van der Waals surface area contributed by atoms with E-state index >= 15 is 0 Å². The SMILES string of the molecule is CCCCS(=O)(=O)N1CCN(c2ccc(NC(=O)C(C)(C)C)cc2)CC1. The summed E-state index contributed by atoms with van der Waals surface area (Å²) in [7, 11) is -3.13. The van der Waals surface area contributed by atoms with E-state index in [-0.39, 0.29) is 11.7 Å². The molecule has 0 unspecified atom stereocenters. The molecule has 1 N–H and O–H groups in total. The summed E-state index contributed by atoms with van der Waals surface area (Å²) in [5.41, 5.74) is 1.39. The van der Waals surface area contributed by atoms with Crippen molar-refractivity contribution < 1.29 is 13.2 Å². The number of hydrogen-bond acceptors (Lipinski definition) is 4. The minimum Gasteiger partial charge on any atom is -0.369 e. The first kappa shape index (κ1) is 20.7. The molecule has 1 amide bonds. The smallest absolute Gasteiger partial charge is 0.229 e. The number of unbranched alkanes of at least 4 members (excludes halogenated alkanes) is 1. The molecule has 0 bridgehead atoms. The molecule has 0 saturated carbocycles. The highest BCUT2D eigenvalue weighted by molar-refractivity contribution is 7.89. The maximum atomic E-state index is 12.3. The zero-order valence-electron chi connectivity index (χ0n) is 16.3. The Morgan fingerprint density at radius 3 is 2.15 bits per heavy atom. The Bertz CT molecular complexity index is 701. The number of sulfonamides is 1. The minimum absolute atomic E-state index is 0.0175. The second-order valence-electron chi connectivity index (χ2n) is 7.81. The number of nitrogens with zero attached hydrogens (tertiary/aromatic N) is 2. The van der Waals surface area contributed by atoms with Gasteiger partial charge in [0.2, 0.25) is 15.9 Å². The highest BCUT2D eigenvalue weighted by Crippen LogP contribution is 2.22. The van der Waals surface area contributed by atoms with E-state index in [1.165, 1.54) is 0 Å². The van der Waals surface area contributed by atoms with Gasteiger partial charge in [-0.05, 0) is 30.7 Å². The average molecular weight is 382 g/mol. The topological polar surface area (TPSA) is 69.7 Å². The van der Waals surface area contributed by atoms with E-state index in [0.717, 1.165) is 17.8 Å². The number of carbonyl (C=O) groups excluding carboxylic acids is 1. The molecule has 0 spiro atoms. The minimum atomic E-state index is -3.13. The fourth-order valence-electron chi connectivity index (χ4n) is 2.75. The van der Waals surface area contributed by atoms with Crippen molar-refractivity contribution in [3.63, 3.8) is 0 Å². The molecule has 0 aromatic heterocycles. The van der Waals surface area contributed by atoms with Crippen LogP contribution in [0.1, 0.15) is 40.5 Å². The predicted octanol–water partition coefficient (Wildman–Crippen LogP) is 2.92. The second-order valence-corrected chi connectivity index (χ2v) is 9.90. The van der Waals surface area contributed by atoms with Gasteiger partial charge in [-0.1, -0.05) is 34.1 Å². The van der Waals surface area contributed by atoms with E-state index < -0.39 is 15.4 Å². The zero-order valence-corrected chi connectivity index (χ0v) is 17.1. The van der Waals surface area contributed by atoms with Crippen molar-refractivity contribution in [2.45, 2.75) is 40.5 Å². The van der Waals surface area contributed by atoms with Crippen molar-refractivity contribution in [2.24, 2.45) is 5.41 Å². The van der Waals surface area contributed by atoms with Crippen molar-refractivity contribution in [3.8, 4) is 0 Å². The molecule has 1 aromatic rings. The maximum absolute atomic E-state index is 12.3. The molecule has 0 radical (unpaired) electrons. The number of piperazine rings is 1. The summed E-state index contributed by atoms with van der Waals surface area (Å²) < 4.78 is 26.2. The third-order valence-corrected chi connectivity index (χ3v) is 6.52. The number of carbonyl (C=O) groups is 1. The quantitative estimate of drug-likeness (QED) is 0.822. The van der Waals surface area contributed by atoms with Crippen LogP contribution in [0.15, 0.2) is 24.3 Å². The fraction of sp³-hybridized carbons (Fsp3) is 0.632. The highest BCUT2D eigenvalue weighted by atomic mass is 32.2. The summed E-state index contributed by atoms with van der Waals surface area (Å²) in [6.07, 6.45) is 1.60. The summed E-state index contributed by atoms with van der Waals surface area (Å²) in [6.45, 7) is 10.0. The molecule has 0 aliphatic carbocycles. The Labute approximate surface area is 157 Å². The van der Waals surface area contributed by atoms with Crippen LogP contribution in [0.2, 0.25) is 0 Å². The summed E-state index contributed by atoms with van der Waals surface area (Å²) >= 11 is 0. The van der Waals surface area contributed by atoms with E-state index in [1.54, 1.807) is 4.31 Å². The van der Waals surface area contributed by atoms with Crippen molar-refractivity contribution in [3.05, 3.63) is 24.3 Å². The fourth-order valence-corrected chi connectivity index (χ4v) is 4.39. The molecule has 2 rings (SSSR count). The van der Waals surface area contributed by atoms with E-state index in [4.69, 9.17) is 0 Å². The number of hydrogen-bond donors (Lipinski definition) is 1. The van der Waals surface area contributed by atoms with Gasteiger partial charge in [-0.25, -0.2) is 8.42 Å². The molecular formula is C19H31N3O3S. The summed E-state index contributed by atoms with van der Waals surface area (Å²) in [6, 6.07) is 7.73. The first-order valence-electron chi connectivity index (χ1n) is 9.28. The molecule has 1 heterocycles. The lowest BCUT2D eigenvalue weighted by atomic mass is 9.95. The molecule has 1 saturated heterocycles.